The molecule has 2 aromatic rings. The molecule has 0 unspecified atom stereocenters. The van der Waals surface area contributed by atoms with Crippen LogP contribution in [0.1, 0.15) is 10.6 Å². The lowest BCUT2D eigenvalue weighted by Crippen LogP contribution is -1.93. The highest BCUT2D eigenvalue weighted by atomic mass is 79.9. The Hall–Kier alpha value is -1.07. The van der Waals surface area contributed by atoms with Crippen LogP contribution in [-0.4, -0.2) is 19.2 Å². The van der Waals surface area contributed by atoms with E-state index in [2.05, 4.69) is 26.3 Å². The zero-order valence-electron chi connectivity index (χ0n) is 10.5. The molecule has 0 N–H and O–H groups in total. The molecule has 0 aliphatic heterocycles. The second kappa shape index (κ2) is 5.71. The number of hydrogen-bond acceptors (Lipinski definition) is 4. The number of ether oxygens (including phenoxy) is 2. The van der Waals surface area contributed by atoms with Gasteiger partial charge in [-0.25, -0.2) is 4.98 Å². The lowest BCUT2D eigenvalue weighted by Gasteiger charge is -2.11. The molecule has 0 radical (unpaired) electrons. The molecule has 3 nitrogen and oxygen atoms in total. The van der Waals surface area contributed by atoms with Crippen LogP contribution in [0.2, 0.25) is 0 Å². The predicted octanol–water partition coefficient (Wildman–Crippen LogP) is 4.03. The summed E-state index contributed by atoms with van der Waals surface area (Å²) in [4.78, 5) is 4.57. The highest BCUT2D eigenvalue weighted by Crippen LogP contribution is 2.35. The van der Waals surface area contributed by atoms with E-state index >= 15 is 0 Å². The molecule has 5 heteroatoms. The SMILES string of the molecule is COc1cc(C)c(-c2csc(CBr)n2)cc1OC. The Kier molecular flexibility index (Phi) is 4.24. The number of aryl methyl sites for hydroxylation is 1. The lowest BCUT2D eigenvalue weighted by molar-refractivity contribution is 0.355. The number of hydrogen-bond donors (Lipinski definition) is 0. The van der Waals surface area contributed by atoms with E-state index in [1.165, 1.54) is 0 Å². The summed E-state index contributed by atoms with van der Waals surface area (Å²) < 4.78 is 10.6. The van der Waals surface area contributed by atoms with Gasteiger partial charge in [0.15, 0.2) is 11.5 Å². The van der Waals surface area contributed by atoms with Crippen molar-refractivity contribution in [2.24, 2.45) is 0 Å². The van der Waals surface area contributed by atoms with Crippen molar-refractivity contribution in [2.75, 3.05) is 14.2 Å². The molecule has 0 saturated heterocycles. The van der Waals surface area contributed by atoms with E-state index in [0.717, 1.165) is 38.7 Å². The molecule has 0 spiro atoms. The van der Waals surface area contributed by atoms with E-state index in [4.69, 9.17) is 9.47 Å². The summed E-state index contributed by atoms with van der Waals surface area (Å²) in [7, 11) is 3.28. The minimum absolute atomic E-state index is 0.728. The Morgan fingerprint density at radius 3 is 2.44 bits per heavy atom. The van der Waals surface area contributed by atoms with E-state index < -0.39 is 0 Å². The van der Waals surface area contributed by atoms with Gasteiger partial charge in [-0.1, -0.05) is 15.9 Å². The van der Waals surface area contributed by atoms with Gasteiger partial charge in [-0.3, -0.25) is 0 Å². The van der Waals surface area contributed by atoms with E-state index in [1.807, 2.05) is 19.1 Å². The number of rotatable bonds is 4. The maximum Gasteiger partial charge on any atom is 0.161 e. The maximum atomic E-state index is 5.33. The summed E-state index contributed by atoms with van der Waals surface area (Å²) in [6, 6.07) is 3.95. The Balaban J connectivity index is 2.50. The molecule has 2 rings (SSSR count). The van der Waals surface area contributed by atoms with Gasteiger partial charge in [0.25, 0.3) is 0 Å². The number of alkyl halides is 1. The van der Waals surface area contributed by atoms with Gasteiger partial charge in [0, 0.05) is 10.9 Å². The van der Waals surface area contributed by atoms with Gasteiger partial charge >= 0.3 is 0 Å². The second-order valence-corrected chi connectivity index (χ2v) is 5.29. The molecular weight excluding hydrogens is 314 g/mol. The average Bonchev–Trinajstić information content (AvgIpc) is 2.86. The third-order valence-electron chi connectivity index (χ3n) is 2.67. The number of benzene rings is 1. The molecule has 0 fully saturated rings. The van der Waals surface area contributed by atoms with Crippen LogP contribution in [-0.2, 0) is 5.33 Å². The fraction of sp³-hybridized carbons (Fsp3) is 0.308. The van der Waals surface area contributed by atoms with Crippen LogP contribution >= 0.6 is 27.3 Å². The first-order chi connectivity index (χ1) is 8.69. The molecule has 0 amide bonds. The van der Waals surface area contributed by atoms with Crippen molar-refractivity contribution in [3.63, 3.8) is 0 Å². The van der Waals surface area contributed by atoms with Crippen molar-refractivity contribution in [2.45, 2.75) is 12.3 Å². The van der Waals surface area contributed by atoms with Crippen LogP contribution < -0.4 is 9.47 Å². The van der Waals surface area contributed by atoms with E-state index in [1.54, 1.807) is 25.6 Å². The van der Waals surface area contributed by atoms with E-state index in [0.29, 0.717) is 0 Å². The van der Waals surface area contributed by atoms with Crippen LogP contribution in [0.3, 0.4) is 0 Å². The average molecular weight is 328 g/mol. The first-order valence-corrected chi connectivity index (χ1v) is 7.43. The zero-order valence-corrected chi connectivity index (χ0v) is 12.9. The second-order valence-electron chi connectivity index (χ2n) is 3.78. The van der Waals surface area contributed by atoms with Crippen LogP contribution in [0.15, 0.2) is 17.5 Å². The van der Waals surface area contributed by atoms with Gasteiger partial charge < -0.3 is 9.47 Å². The summed E-state index contributed by atoms with van der Waals surface area (Å²) in [6.45, 7) is 2.05. The van der Waals surface area contributed by atoms with E-state index in [9.17, 15) is 0 Å². The van der Waals surface area contributed by atoms with Crippen molar-refractivity contribution in [1.29, 1.82) is 0 Å². The standard InChI is InChI=1S/C13H14BrNO2S/c1-8-4-11(16-2)12(17-3)5-9(8)10-7-18-13(6-14)15-10/h4-5,7H,6H2,1-3H3. The van der Waals surface area contributed by atoms with Crippen molar-refractivity contribution in [3.8, 4) is 22.8 Å². The zero-order chi connectivity index (χ0) is 13.1. The quantitative estimate of drug-likeness (QED) is 0.794. The summed E-state index contributed by atoms with van der Waals surface area (Å²) >= 11 is 5.06. The molecule has 0 saturated carbocycles. The maximum absolute atomic E-state index is 5.33. The van der Waals surface area contributed by atoms with Crippen molar-refractivity contribution in [1.82, 2.24) is 4.98 Å². The fourth-order valence-electron chi connectivity index (χ4n) is 1.75. The van der Waals surface area contributed by atoms with E-state index in [-0.39, 0.29) is 0 Å². The Morgan fingerprint density at radius 1 is 1.22 bits per heavy atom. The van der Waals surface area contributed by atoms with Crippen LogP contribution in [0.25, 0.3) is 11.3 Å². The summed E-state index contributed by atoms with van der Waals surface area (Å²) in [6.07, 6.45) is 0. The van der Waals surface area contributed by atoms with Crippen LogP contribution in [0.5, 0.6) is 11.5 Å². The molecule has 0 atom stereocenters. The number of halogens is 1. The minimum Gasteiger partial charge on any atom is -0.493 e. The first kappa shape index (κ1) is 13.4. The van der Waals surface area contributed by atoms with Gasteiger partial charge in [0.1, 0.15) is 5.01 Å². The van der Waals surface area contributed by atoms with Gasteiger partial charge in [0.05, 0.1) is 25.2 Å². The number of aromatic nitrogens is 1. The number of methoxy groups -OCH3 is 2. The van der Waals surface area contributed by atoms with Crippen LogP contribution in [0, 0.1) is 6.92 Å². The molecule has 1 heterocycles. The van der Waals surface area contributed by atoms with Gasteiger partial charge in [0.2, 0.25) is 0 Å². The molecule has 18 heavy (non-hydrogen) atoms. The number of nitrogens with zero attached hydrogens (tertiary/aromatic N) is 1. The normalized spacial score (nSPS) is 10.4. The predicted molar refractivity (Wildman–Crippen MR) is 78.0 cm³/mol. The molecule has 1 aromatic carbocycles. The highest BCUT2D eigenvalue weighted by Gasteiger charge is 2.12. The third-order valence-corrected chi connectivity index (χ3v) is 4.42. The van der Waals surface area contributed by atoms with Gasteiger partial charge in [-0.2, -0.15) is 0 Å². The van der Waals surface area contributed by atoms with Crippen molar-refractivity contribution >= 4 is 27.3 Å². The Morgan fingerprint density at radius 2 is 1.89 bits per heavy atom. The lowest BCUT2D eigenvalue weighted by atomic mass is 10.1. The molecule has 0 aliphatic rings. The number of thiazole rings is 1. The molecule has 0 aliphatic carbocycles. The van der Waals surface area contributed by atoms with Gasteiger partial charge in [-0.05, 0) is 24.6 Å². The first-order valence-electron chi connectivity index (χ1n) is 5.43. The molecular formula is C13H14BrNO2S. The third kappa shape index (κ3) is 2.52. The molecule has 1 aromatic heterocycles. The van der Waals surface area contributed by atoms with Crippen molar-refractivity contribution in [3.05, 3.63) is 28.1 Å². The minimum atomic E-state index is 0.728. The smallest absolute Gasteiger partial charge is 0.161 e. The van der Waals surface area contributed by atoms with Crippen molar-refractivity contribution < 1.29 is 9.47 Å². The molecule has 96 valence electrons. The molecule has 0 bridgehead atoms. The topological polar surface area (TPSA) is 31.4 Å². The largest absolute Gasteiger partial charge is 0.493 e. The summed E-state index contributed by atoms with van der Waals surface area (Å²) in [5.74, 6) is 1.47. The summed E-state index contributed by atoms with van der Waals surface area (Å²) in [5, 5.41) is 3.91. The van der Waals surface area contributed by atoms with Crippen LogP contribution in [0.4, 0.5) is 0 Å². The summed E-state index contributed by atoms with van der Waals surface area (Å²) in [5.41, 5.74) is 3.18. The Labute approximate surface area is 119 Å². The Bertz CT molecular complexity index is 554. The highest BCUT2D eigenvalue weighted by molar-refractivity contribution is 9.08. The monoisotopic (exact) mass is 327 g/mol. The van der Waals surface area contributed by atoms with Gasteiger partial charge in [-0.15, -0.1) is 11.3 Å². The fourth-order valence-corrected chi connectivity index (χ4v) is 2.92.